The Balaban J connectivity index is 4.13. The third-order valence-electron chi connectivity index (χ3n) is 3.18. The SMILES string of the molecule is [2H]C([2H])([2H])C(OC(=O)C(F)(F)F)(C(=S)N(C)C)c1cc(C(F)(F)F)cc(C(F)(F)F)c1. The lowest BCUT2D eigenvalue weighted by Gasteiger charge is -2.35. The molecule has 1 rings (SSSR count). The summed E-state index contributed by atoms with van der Waals surface area (Å²) < 4.78 is 144. The van der Waals surface area contributed by atoms with Crippen molar-refractivity contribution in [1.82, 2.24) is 4.90 Å². The summed E-state index contributed by atoms with van der Waals surface area (Å²) in [5.41, 5.74) is -9.46. The van der Waals surface area contributed by atoms with E-state index in [1.807, 2.05) is 0 Å². The molecule has 0 aliphatic carbocycles. The molecule has 1 unspecified atom stereocenters. The van der Waals surface area contributed by atoms with Crippen molar-refractivity contribution in [3.05, 3.63) is 34.9 Å². The van der Waals surface area contributed by atoms with Gasteiger partial charge < -0.3 is 9.64 Å². The minimum absolute atomic E-state index is 0.166. The molecule has 1 aromatic carbocycles. The van der Waals surface area contributed by atoms with Crippen molar-refractivity contribution in [2.45, 2.75) is 31.0 Å². The van der Waals surface area contributed by atoms with E-state index in [9.17, 15) is 44.3 Å². The Morgan fingerprint density at radius 3 is 1.61 bits per heavy atom. The molecule has 0 amide bonds. The van der Waals surface area contributed by atoms with Crippen molar-refractivity contribution < 1.29 is 53.2 Å². The van der Waals surface area contributed by atoms with Crippen LogP contribution in [0.15, 0.2) is 18.2 Å². The van der Waals surface area contributed by atoms with E-state index in [1.165, 1.54) is 0 Å². The number of carbonyl (C=O) groups is 1. The Labute approximate surface area is 162 Å². The number of thiocarbonyl (C=S) groups is 1. The van der Waals surface area contributed by atoms with Crippen molar-refractivity contribution in [3.63, 3.8) is 0 Å². The van der Waals surface area contributed by atoms with Crippen LogP contribution in [0.4, 0.5) is 39.5 Å². The molecule has 3 nitrogen and oxygen atoms in total. The molecule has 0 spiro atoms. The molecular formula is C15H12F9NO2S. The molecule has 0 bridgehead atoms. The van der Waals surface area contributed by atoms with Crippen LogP contribution in [0.5, 0.6) is 0 Å². The largest absolute Gasteiger partial charge is 0.490 e. The standard InChI is InChI=1S/C15H12F9NO2S/c1-12(10(28)25(2)3,27-11(26)15(22,23)24)7-4-8(13(16,17)18)6-9(5-7)14(19,20)21/h4-6H,1-3H3/i1D3. The fourth-order valence-corrected chi connectivity index (χ4v) is 2.06. The second kappa shape index (κ2) is 7.41. The smallest absolute Gasteiger partial charge is 0.440 e. The normalized spacial score (nSPS) is 17.0. The van der Waals surface area contributed by atoms with E-state index in [-0.39, 0.29) is 18.2 Å². The van der Waals surface area contributed by atoms with Gasteiger partial charge in [-0.05, 0) is 25.1 Å². The Bertz CT molecular complexity index is 831. The van der Waals surface area contributed by atoms with Crippen LogP contribution in [-0.2, 0) is 27.5 Å². The lowest BCUT2D eigenvalue weighted by molar-refractivity contribution is -0.208. The molecule has 158 valence electrons. The van der Waals surface area contributed by atoms with Crippen LogP contribution in [-0.4, -0.2) is 36.1 Å². The molecule has 0 heterocycles. The minimum atomic E-state index is -5.84. The van der Waals surface area contributed by atoms with Crippen LogP contribution in [0.3, 0.4) is 0 Å². The van der Waals surface area contributed by atoms with Crippen LogP contribution in [0.1, 0.15) is 27.7 Å². The fourth-order valence-electron chi connectivity index (χ4n) is 1.90. The lowest BCUT2D eigenvalue weighted by Crippen LogP contribution is -2.46. The molecule has 0 aromatic heterocycles. The number of halogens is 9. The third-order valence-corrected chi connectivity index (χ3v) is 3.83. The van der Waals surface area contributed by atoms with Gasteiger partial charge in [-0.25, -0.2) is 4.79 Å². The molecule has 28 heavy (non-hydrogen) atoms. The molecule has 0 aliphatic rings. The molecule has 0 saturated carbocycles. The summed E-state index contributed by atoms with van der Waals surface area (Å²) in [5, 5.41) is 0. The quantitative estimate of drug-likeness (QED) is 0.376. The zero-order chi connectivity index (χ0) is 24.8. The zero-order valence-corrected chi connectivity index (χ0v) is 14.6. The van der Waals surface area contributed by atoms with E-state index >= 15 is 0 Å². The van der Waals surface area contributed by atoms with Gasteiger partial charge in [0.05, 0.1) is 11.1 Å². The molecule has 0 N–H and O–H groups in total. The van der Waals surface area contributed by atoms with Crippen molar-refractivity contribution in [2.24, 2.45) is 0 Å². The van der Waals surface area contributed by atoms with Crippen molar-refractivity contribution >= 4 is 23.2 Å². The lowest BCUT2D eigenvalue weighted by atomic mass is 9.91. The van der Waals surface area contributed by atoms with Gasteiger partial charge in [0, 0.05) is 23.8 Å². The summed E-state index contributed by atoms with van der Waals surface area (Å²) in [5.74, 6) is -3.18. The van der Waals surface area contributed by atoms with Gasteiger partial charge in [-0.2, -0.15) is 39.5 Å². The predicted octanol–water partition coefficient (Wildman–Crippen LogP) is 4.93. The maximum Gasteiger partial charge on any atom is 0.490 e. The van der Waals surface area contributed by atoms with E-state index in [1.54, 1.807) is 0 Å². The molecule has 0 saturated heterocycles. The highest BCUT2D eigenvalue weighted by Gasteiger charge is 2.49. The Hall–Kier alpha value is -2.05. The van der Waals surface area contributed by atoms with E-state index in [4.69, 9.17) is 16.3 Å². The van der Waals surface area contributed by atoms with E-state index in [0.717, 1.165) is 14.1 Å². The first-order valence-electron chi connectivity index (χ1n) is 8.37. The van der Waals surface area contributed by atoms with Gasteiger partial charge in [0.2, 0.25) is 0 Å². The summed E-state index contributed by atoms with van der Waals surface area (Å²) in [4.78, 5) is 10.9. The topological polar surface area (TPSA) is 29.5 Å². The number of carbonyl (C=O) groups excluding carboxylic acids is 1. The Morgan fingerprint density at radius 1 is 0.929 bits per heavy atom. The van der Waals surface area contributed by atoms with Crippen LogP contribution in [0, 0.1) is 0 Å². The molecule has 13 heteroatoms. The van der Waals surface area contributed by atoms with Crippen molar-refractivity contribution in [3.8, 4) is 0 Å². The van der Waals surface area contributed by atoms with Gasteiger partial charge in [-0.3, -0.25) is 0 Å². The number of alkyl halides is 9. The summed E-state index contributed by atoms with van der Waals surface area (Å²) in [6.07, 6.45) is -16.8. The van der Waals surface area contributed by atoms with Gasteiger partial charge in [0.1, 0.15) is 4.99 Å². The van der Waals surface area contributed by atoms with Crippen LogP contribution in [0.2, 0.25) is 0 Å². The zero-order valence-electron chi connectivity index (χ0n) is 16.8. The minimum Gasteiger partial charge on any atom is -0.440 e. The number of benzene rings is 1. The highest BCUT2D eigenvalue weighted by molar-refractivity contribution is 7.80. The van der Waals surface area contributed by atoms with Gasteiger partial charge in [0.15, 0.2) is 5.60 Å². The molecule has 0 radical (unpaired) electrons. The van der Waals surface area contributed by atoms with Crippen LogP contribution < -0.4 is 0 Å². The predicted molar refractivity (Wildman–Crippen MR) is 82.2 cm³/mol. The number of nitrogens with zero attached hydrogens (tertiary/aromatic N) is 1. The second-order valence-corrected chi connectivity index (χ2v) is 5.95. The van der Waals surface area contributed by atoms with Crippen molar-refractivity contribution in [2.75, 3.05) is 14.1 Å². The third kappa shape index (κ3) is 5.26. The number of ether oxygens (including phenoxy) is 1. The van der Waals surface area contributed by atoms with Crippen LogP contribution in [0.25, 0.3) is 0 Å². The summed E-state index contributed by atoms with van der Waals surface area (Å²) in [7, 11) is 1.89. The van der Waals surface area contributed by atoms with E-state index in [0.29, 0.717) is 4.90 Å². The molecule has 0 fully saturated rings. The Morgan fingerprint density at radius 2 is 1.32 bits per heavy atom. The number of esters is 1. The van der Waals surface area contributed by atoms with E-state index in [2.05, 4.69) is 4.74 Å². The fraction of sp³-hybridized carbons (Fsp3) is 0.467. The van der Waals surface area contributed by atoms with Gasteiger partial charge >= 0.3 is 24.5 Å². The highest BCUT2D eigenvalue weighted by Crippen LogP contribution is 2.40. The maximum absolute atomic E-state index is 13.2. The Kier molecular flexibility index (Phi) is 5.10. The van der Waals surface area contributed by atoms with Gasteiger partial charge in [-0.15, -0.1) is 0 Å². The number of hydrogen-bond donors (Lipinski definition) is 0. The van der Waals surface area contributed by atoms with Gasteiger partial charge in [-0.1, -0.05) is 12.2 Å². The monoisotopic (exact) mass is 444 g/mol. The first-order valence-corrected chi connectivity index (χ1v) is 7.28. The average molecular weight is 444 g/mol. The maximum atomic E-state index is 13.2. The summed E-state index contributed by atoms with van der Waals surface area (Å²) >= 11 is 4.72. The van der Waals surface area contributed by atoms with Crippen molar-refractivity contribution in [1.29, 1.82) is 0 Å². The molecular weight excluding hydrogens is 429 g/mol. The van der Waals surface area contributed by atoms with E-state index < -0.39 is 58.6 Å². The summed E-state index contributed by atoms with van der Waals surface area (Å²) in [6, 6.07) is -0.708. The number of hydrogen-bond acceptors (Lipinski definition) is 3. The van der Waals surface area contributed by atoms with Gasteiger partial charge in [0.25, 0.3) is 0 Å². The second-order valence-electron chi connectivity index (χ2n) is 5.56. The molecule has 0 aliphatic heterocycles. The number of rotatable bonds is 3. The van der Waals surface area contributed by atoms with Crippen LogP contribution >= 0.6 is 12.2 Å². The summed E-state index contributed by atoms with van der Waals surface area (Å²) in [6.45, 7) is -3.96. The number of likely N-dealkylation sites (N-methyl/N-ethyl adjacent to an activating group) is 1. The molecule has 1 atom stereocenters. The first-order chi connectivity index (χ1) is 13.5. The highest BCUT2D eigenvalue weighted by atomic mass is 32.1. The first kappa shape index (κ1) is 19.3. The average Bonchev–Trinajstić information content (AvgIpc) is 2.54. The molecule has 1 aromatic rings.